The van der Waals surface area contributed by atoms with Crippen LogP contribution in [0.5, 0.6) is 5.75 Å². The van der Waals surface area contributed by atoms with Gasteiger partial charge in [-0.15, -0.1) is 0 Å². The summed E-state index contributed by atoms with van der Waals surface area (Å²) < 4.78 is 0. The van der Waals surface area contributed by atoms with E-state index >= 15 is 0 Å². The smallest absolute Gasteiger partial charge is 0.328 e. The molecule has 0 aliphatic rings. The fourth-order valence-corrected chi connectivity index (χ4v) is 3.04. The van der Waals surface area contributed by atoms with Gasteiger partial charge < -0.3 is 42.7 Å². The molecule has 0 bridgehead atoms. The Morgan fingerprint density at radius 2 is 1.56 bits per heavy atom. The minimum atomic E-state index is -1.59. The Morgan fingerprint density at radius 3 is 2.09 bits per heavy atom. The number of aliphatic hydroxyl groups excluding tert-OH is 1. The number of unbranched alkanes of at least 4 members (excludes halogenated alkanes) is 1. The number of amides is 3. The maximum atomic E-state index is 12.8. The molecule has 12 nitrogen and oxygen atoms in total. The van der Waals surface area contributed by atoms with Crippen molar-refractivity contribution in [1.82, 2.24) is 16.0 Å². The molecule has 190 valence electrons. The zero-order chi connectivity index (χ0) is 25.8. The molecule has 1 aromatic rings. The summed E-state index contributed by atoms with van der Waals surface area (Å²) in [7, 11) is 0. The van der Waals surface area contributed by atoms with E-state index in [0.29, 0.717) is 24.9 Å². The molecule has 0 radical (unpaired) electrons. The van der Waals surface area contributed by atoms with E-state index in [9.17, 15) is 34.5 Å². The third kappa shape index (κ3) is 9.73. The molecule has 10 N–H and O–H groups in total. The summed E-state index contributed by atoms with van der Waals surface area (Å²) in [6.07, 6.45) is 0.358. The minimum Gasteiger partial charge on any atom is -0.508 e. The first-order valence-corrected chi connectivity index (χ1v) is 11.0. The van der Waals surface area contributed by atoms with Crippen LogP contribution in [0.4, 0.5) is 0 Å². The van der Waals surface area contributed by atoms with Gasteiger partial charge in [-0.25, -0.2) is 4.79 Å². The van der Waals surface area contributed by atoms with Crippen LogP contribution in [-0.4, -0.2) is 75.8 Å². The topological polar surface area (TPSA) is 217 Å². The highest BCUT2D eigenvalue weighted by atomic mass is 16.4. The summed E-state index contributed by atoms with van der Waals surface area (Å²) in [6, 6.07) is 1.21. The highest BCUT2D eigenvalue weighted by Gasteiger charge is 2.31. The molecule has 0 aliphatic heterocycles. The zero-order valence-corrected chi connectivity index (χ0v) is 19.4. The molecule has 0 aliphatic carbocycles. The molecule has 1 aromatic carbocycles. The number of rotatable bonds is 14. The summed E-state index contributed by atoms with van der Waals surface area (Å²) in [5, 5.41) is 35.6. The quantitative estimate of drug-likeness (QED) is 0.142. The number of carbonyl (C=O) groups excluding carboxylic acids is 3. The highest BCUT2D eigenvalue weighted by molar-refractivity contribution is 5.94. The van der Waals surface area contributed by atoms with Gasteiger partial charge in [-0.1, -0.05) is 18.6 Å². The van der Waals surface area contributed by atoms with Gasteiger partial charge in [0.05, 0.1) is 12.1 Å². The Bertz CT molecular complexity index is 831. The lowest BCUT2D eigenvalue weighted by Crippen LogP contribution is -2.58. The second kappa shape index (κ2) is 14.1. The molecule has 5 atom stereocenters. The van der Waals surface area contributed by atoms with Crippen LogP contribution in [0, 0.1) is 0 Å². The first-order chi connectivity index (χ1) is 16.0. The molecule has 0 saturated heterocycles. The second-order valence-corrected chi connectivity index (χ2v) is 8.12. The number of carboxylic acid groups (broad SMARTS) is 1. The third-order valence-electron chi connectivity index (χ3n) is 5.11. The van der Waals surface area contributed by atoms with Crippen molar-refractivity contribution in [3.05, 3.63) is 29.8 Å². The molecule has 0 heterocycles. The average molecular weight is 482 g/mol. The van der Waals surface area contributed by atoms with Crippen molar-refractivity contribution in [2.75, 3.05) is 6.54 Å². The maximum Gasteiger partial charge on any atom is 0.328 e. The van der Waals surface area contributed by atoms with E-state index in [2.05, 4.69) is 16.0 Å². The molecule has 12 heteroatoms. The Balaban J connectivity index is 2.91. The van der Waals surface area contributed by atoms with Crippen LogP contribution < -0.4 is 27.4 Å². The molecule has 0 aromatic heterocycles. The number of aliphatic carboxylic acids is 1. The Hall–Kier alpha value is -3.22. The van der Waals surface area contributed by atoms with Crippen LogP contribution in [0.1, 0.15) is 38.7 Å². The molecule has 3 amide bonds. The number of aromatic hydroxyl groups is 1. The fourth-order valence-electron chi connectivity index (χ4n) is 3.04. The predicted octanol–water partition coefficient (Wildman–Crippen LogP) is -1.67. The van der Waals surface area contributed by atoms with Crippen molar-refractivity contribution in [2.45, 2.75) is 69.8 Å². The Morgan fingerprint density at radius 1 is 0.941 bits per heavy atom. The van der Waals surface area contributed by atoms with Crippen LogP contribution in [0.3, 0.4) is 0 Å². The molecule has 0 saturated carbocycles. The maximum absolute atomic E-state index is 12.8. The number of phenols is 1. The number of nitrogens with two attached hydrogens (primary N) is 2. The first kappa shape index (κ1) is 28.8. The third-order valence-corrected chi connectivity index (χ3v) is 5.11. The van der Waals surface area contributed by atoms with E-state index in [1.54, 1.807) is 0 Å². The predicted molar refractivity (Wildman–Crippen MR) is 123 cm³/mol. The molecule has 0 fully saturated rings. The van der Waals surface area contributed by atoms with E-state index < -0.39 is 54.0 Å². The number of phenolic OH excluding ortho intramolecular Hbond substituents is 1. The molecular weight excluding hydrogens is 446 g/mol. The Kier molecular flexibility index (Phi) is 12.0. The summed E-state index contributed by atoms with van der Waals surface area (Å²) in [4.78, 5) is 49.1. The van der Waals surface area contributed by atoms with Crippen molar-refractivity contribution in [1.29, 1.82) is 0 Å². The van der Waals surface area contributed by atoms with Crippen molar-refractivity contribution in [2.24, 2.45) is 11.5 Å². The lowest BCUT2D eigenvalue weighted by molar-refractivity contribution is -0.145. The molecule has 0 spiro atoms. The van der Waals surface area contributed by atoms with Crippen LogP contribution in [0.25, 0.3) is 0 Å². The summed E-state index contributed by atoms with van der Waals surface area (Å²) in [5.41, 5.74) is 11.8. The first-order valence-electron chi connectivity index (χ1n) is 11.0. The lowest BCUT2D eigenvalue weighted by Gasteiger charge is -2.24. The van der Waals surface area contributed by atoms with Gasteiger partial charge in [0, 0.05) is 6.42 Å². The SMILES string of the molecule is CC(NC(=O)C(N)CCCCN)C(=O)NC(Cc1ccc(O)cc1)C(=O)NC(C(=O)O)C(C)O. The van der Waals surface area contributed by atoms with Crippen molar-refractivity contribution in [3.8, 4) is 5.75 Å². The van der Waals surface area contributed by atoms with E-state index in [4.69, 9.17) is 11.5 Å². The van der Waals surface area contributed by atoms with Gasteiger partial charge in [0.1, 0.15) is 17.8 Å². The zero-order valence-electron chi connectivity index (χ0n) is 19.4. The monoisotopic (exact) mass is 481 g/mol. The summed E-state index contributed by atoms with van der Waals surface area (Å²) in [5.74, 6) is -3.49. The van der Waals surface area contributed by atoms with Gasteiger partial charge in [0.25, 0.3) is 0 Å². The van der Waals surface area contributed by atoms with E-state index in [1.807, 2.05) is 0 Å². The lowest BCUT2D eigenvalue weighted by atomic mass is 10.0. The Labute approximate surface area is 198 Å². The van der Waals surface area contributed by atoms with Crippen molar-refractivity contribution < 1.29 is 34.5 Å². The highest BCUT2D eigenvalue weighted by Crippen LogP contribution is 2.12. The standard InChI is InChI=1S/C22H35N5O7/c1-12(25-20(31)16(24)5-3-4-10-23)19(30)26-17(11-14-6-8-15(29)9-7-14)21(32)27-18(13(2)28)22(33)34/h6-9,12-13,16-18,28-29H,3-5,10-11,23-24H2,1-2H3,(H,25,31)(H,26,30)(H,27,32)(H,33,34). The molecule has 5 unspecified atom stereocenters. The fraction of sp³-hybridized carbons (Fsp3) is 0.545. The average Bonchev–Trinajstić information content (AvgIpc) is 2.77. The van der Waals surface area contributed by atoms with Crippen LogP contribution in [0.15, 0.2) is 24.3 Å². The molecule has 1 rings (SSSR count). The van der Waals surface area contributed by atoms with E-state index in [0.717, 1.165) is 6.42 Å². The van der Waals surface area contributed by atoms with Crippen LogP contribution in [0.2, 0.25) is 0 Å². The second-order valence-electron chi connectivity index (χ2n) is 8.12. The normalized spacial score (nSPS) is 15.3. The number of carbonyl (C=O) groups is 4. The summed E-state index contributed by atoms with van der Waals surface area (Å²) >= 11 is 0. The van der Waals surface area contributed by atoms with E-state index in [-0.39, 0.29) is 12.2 Å². The number of nitrogens with one attached hydrogen (secondary N) is 3. The number of hydrogen-bond donors (Lipinski definition) is 8. The van der Waals surface area contributed by atoms with Crippen molar-refractivity contribution >= 4 is 23.7 Å². The van der Waals surface area contributed by atoms with E-state index in [1.165, 1.54) is 38.1 Å². The minimum absolute atomic E-state index is 0.00738. The van der Waals surface area contributed by atoms with Gasteiger partial charge in [-0.05, 0) is 50.9 Å². The molecule has 34 heavy (non-hydrogen) atoms. The van der Waals surface area contributed by atoms with Crippen molar-refractivity contribution in [3.63, 3.8) is 0 Å². The largest absolute Gasteiger partial charge is 0.508 e. The van der Waals surface area contributed by atoms with Gasteiger partial charge in [-0.2, -0.15) is 0 Å². The van der Waals surface area contributed by atoms with Crippen LogP contribution >= 0.6 is 0 Å². The number of aliphatic hydroxyl groups is 1. The van der Waals surface area contributed by atoms with Gasteiger partial charge in [0.15, 0.2) is 6.04 Å². The number of hydrogen-bond acceptors (Lipinski definition) is 8. The molecular formula is C22H35N5O7. The van der Waals surface area contributed by atoms with Crippen LogP contribution in [-0.2, 0) is 25.6 Å². The van der Waals surface area contributed by atoms with Gasteiger partial charge in [-0.3, -0.25) is 14.4 Å². The van der Waals surface area contributed by atoms with Gasteiger partial charge >= 0.3 is 5.97 Å². The number of carboxylic acids is 1. The van der Waals surface area contributed by atoms with Gasteiger partial charge in [0.2, 0.25) is 17.7 Å². The number of benzene rings is 1. The summed E-state index contributed by atoms with van der Waals surface area (Å²) in [6.45, 7) is 3.11.